The summed E-state index contributed by atoms with van der Waals surface area (Å²) in [5, 5.41) is 3.66. The SMILES string of the molecule is CC(C)(C)c1ccc2c(c1)-c1nc-2nc2[nH]c(nc3nc(nc4[nH]c(n1)c1ccc(B5OC(C)(C)C(C)(C)O5)cc41)-c1ccc(C(C)(C)C)cc1-3)c1ccc(C(C)(C)C)cc21. The predicted molar refractivity (Wildman–Crippen MR) is 248 cm³/mol. The van der Waals surface area contributed by atoms with Gasteiger partial charge in [0.05, 0.1) is 11.2 Å². The number of rotatable bonds is 1. The molecule has 4 aromatic carbocycles. The van der Waals surface area contributed by atoms with Crippen molar-refractivity contribution >= 4 is 56.7 Å². The van der Waals surface area contributed by atoms with Crippen LogP contribution in [0, 0.1) is 0 Å². The molecule has 1 saturated heterocycles. The number of nitrogens with zero attached hydrogens (tertiary/aromatic N) is 6. The number of aromatic nitrogens is 8. The fourth-order valence-corrected chi connectivity index (χ4v) is 8.34. The van der Waals surface area contributed by atoms with Gasteiger partial charge >= 0.3 is 7.12 Å². The highest BCUT2D eigenvalue weighted by Crippen LogP contribution is 2.41. The van der Waals surface area contributed by atoms with Crippen LogP contribution >= 0.6 is 0 Å². The minimum atomic E-state index is -0.557. The Labute approximate surface area is 357 Å². The highest BCUT2D eigenvalue weighted by Gasteiger charge is 2.51. The molecule has 11 heteroatoms. The lowest BCUT2D eigenvalue weighted by Crippen LogP contribution is -2.41. The normalized spacial score (nSPS) is 16.0. The molecule has 2 N–H and O–H groups in total. The first-order chi connectivity index (χ1) is 28.5. The van der Waals surface area contributed by atoms with Crippen LogP contribution in [0.3, 0.4) is 0 Å². The van der Waals surface area contributed by atoms with Gasteiger partial charge in [-0.2, -0.15) is 0 Å². The Kier molecular flexibility index (Phi) is 8.31. The van der Waals surface area contributed by atoms with E-state index in [1.165, 1.54) is 16.7 Å². The molecule has 8 bridgehead atoms. The van der Waals surface area contributed by atoms with E-state index in [0.29, 0.717) is 45.9 Å². The smallest absolute Gasteiger partial charge is 0.399 e. The summed E-state index contributed by atoms with van der Waals surface area (Å²) in [5.74, 6) is 2.28. The Bertz CT molecular complexity index is 3140. The summed E-state index contributed by atoms with van der Waals surface area (Å²) in [6.07, 6.45) is 0. The Morgan fingerprint density at radius 2 is 0.770 bits per heavy atom. The molecule has 0 amide bonds. The summed E-state index contributed by atoms with van der Waals surface area (Å²) in [7, 11) is -0.557. The molecule has 0 unspecified atom stereocenters. The quantitative estimate of drug-likeness (QED) is 0.157. The van der Waals surface area contributed by atoms with Crippen LogP contribution in [0.2, 0.25) is 0 Å². The molecule has 6 heterocycles. The minimum absolute atomic E-state index is 0.0816. The molecule has 61 heavy (non-hydrogen) atoms. The number of benzene rings is 4. The van der Waals surface area contributed by atoms with Crippen LogP contribution in [0.5, 0.6) is 0 Å². The second kappa shape index (κ2) is 12.9. The van der Waals surface area contributed by atoms with Crippen LogP contribution in [0.1, 0.15) is 107 Å². The van der Waals surface area contributed by atoms with E-state index in [2.05, 4.69) is 173 Å². The van der Waals surface area contributed by atoms with Crippen LogP contribution < -0.4 is 5.46 Å². The zero-order valence-corrected chi connectivity index (χ0v) is 37.5. The molecular weight excluding hydrogens is 755 g/mol. The standard InChI is InChI=1S/C50H53BN8O2/c1-46(2,3)26-14-18-30-34(22-26)42-52-38(30)54-43-36-24-28(48(7,8)9)16-20-32(36)40(56-43)58-45-37-25-29(51-60-49(10,11)50(12,13)61-51)17-21-33(37)41(59-45)57-44-35-23-27(47(4,5)6)15-19-31(35)39(53-42)55-44/h14-25H,1-13H3,(H2,52,53,54,55,56,57,58,59). The fraction of sp³-hybridized carbons (Fsp3) is 0.360. The summed E-state index contributed by atoms with van der Waals surface area (Å²) >= 11 is 0. The fourth-order valence-electron chi connectivity index (χ4n) is 8.34. The summed E-state index contributed by atoms with van der Waals surface area (Å²) < 4.78 is 13.0. The molecule has 0 spiro atoms. The van der Waals surface area contributed by atoms with Crippen LogP contribution in [0.25, 0.3) is 89.7 Å². The van der Waals surface area contributed by atoms with Gasteiger partial charge in [0.1, 0.15) is 22.6 Å². The molecule has 0 saturated carbocycles. The van der Waals surface area contributed by atoms with Crippen LogP contribution in [-0.4, -0.2) is 58.2 Å². The maximum absolute atomic E-state index is 6.52. The summed E-state index contributed by atoms with van der Waals surface area (Å²) in [4.78, 5) is 39.0. The molecule has 0 atom stereocenters. The Balaban J connectivity index is 1.34. The molecule has 0 aliphatic carbocycles. The second-order valence-corrected chi connectivity index (χ2v) is 21.0. The van der Waals surface area contributed by atoms with E-state index in [1.54, 1.807) is 0 Å². The molecular formula is C50H53BN8O2. The lowest BCUT2D eigenvalue weighted by atomic mass is 9.78. The lowest BCUT2D eigenvalue weighted by molar-refractivity contribution is 0.00578. The van der Waals surface area contributed by atoms with Gasteiger partial charge in [-0.25, -0.2) is 29.9 Å². The highest BCUT2D eigenvalue weighted by molar-refractivity contribution is 6.62. The van der Waals surface area contributed by atoms with Crippen molar-refractivity contribution in [3.8, 4) is 45.6 Å². The van der Waals surface area contributed by atoms with E-state index < -0.39 is 18.3 Å². The maximum atomic E-state index is 6.52. The third-order valence-electron chi connectivity index (χ3n) is 13.0. The minimum Gasteiger partial charge on any atom is -0.399 e. The van der Waals surface area contributed by atoms with E-state index in [1.807, 2.05) is 0 Å². The van der Waals surface area contributed by atoms with Gasteiger partial charge in [-0.15, -0.1) is 0 Å². The average Bonchev–Trinajstić information content (AvgIpc) is 3.94. The molecule has 7 aromatic rings. The van der Waals surface area contributed by atoms with Gasteiger partial charge in [0.2, 0.25) is 0 Å². The number of hydrogen-bond donors (Lipinski definition) is 2. The van der Waals surface area contributed by atoms with Gasteiger partial charge in [-0.05, 0) is 84.3 Å². The van der Waals surface area contributed by atoms with Crippen LogP contribution in [0.4, 0.5) is 0 Å². The topological polar surface area (TPSA) is 127 Å². The zero-order chi connectivity index (χ0) is 43.2. The number of aromatic amines is 2. The number of nitrogens with one attached hydrogen (secondary N) is 2. The largest absolute Gasteiger partial charge is 0.494 e. The van der Waals surface area contributed by atoms with Crippen molar-refractivity contribution in [3.63, 3.8) is 0 Å². The van der Waals surface area contributed by atoms with E-state index in [0.717, 1.165) is 49.3 Å². The maximum Gasteiger partial charge on any atom is 0.494 e. The van der Waals surface area contributed by atoms with Gasteiger partial charge in [-0.1, -0.05) is 117 Å². The van der Waals surface area contributed by atoms with Crippen molar-refractivity contribution in [2.24, 2.45) is 0 Å². The van der Waals surface area contributed by atoms with Gasteiger partial charge in [0.25, 0.3) is 0 Å². The number of hydrogen-bond acceptors (Lipinski definition) is 8. The van der Waals surface area contributed by atoms with Crippen molar-refractivity contribution in [1.29, 1.82) is 0 Å². The number of fused-ring (bicyclic) bond motifs is 20. The average molecular weight is 809 g/mol. The Hall–Kier alpha value is -5.78. The van der Waals surface area contributed by atoms with Gasteiger partial charge < -0.3 is 19.3 Å². The lowest BCUT2D eigenvalue weighted by Gasteiger charge is -2.32. The van der Waals surface area contributed by atoms with Crippen molar-refractivity contribution in [2.45, 2.75) is 117 Å². The van der Waals surface area contributed by atoms with Crippen LogP contribution in [-0.2, 0) is 25.6 Å². The zero-order valence-electron chi connectivity index (χ0n) is 37.5. The molecule has 3 aliphatic rings. The molecule has 308 valence electrons. The predicted octanol–water partition coefficient (Wildman–Crippen LogP) is 11.1. The first-order valence-corrected chi connectivity index (χ1v) is 21.3. The molecule has 10 rings (SSSR count). The Morgan fingerprint density at radius 3 is 1.21 bits per heavy atom. The first-order valence-electron chi connectivity index (χ1n) is 21.3. The molecule has 10 nitrogen and oxygen atoms in total. The van der Waals surface area contributed by atoms with Crippen molar-refractivity contribution < 1.29 is 9.31 Å². The summed E-state index contributed by atoms with van der Waals surface area (Å²) in [6, 6.07) is 25.8. The van der Waals surface area contributed by atoms with E-state index in [4.69, 9.17) is 39.2 Å². The van der Waals surface area contributed by atoms with Gasteiger partial charge in [0.15, 0.2) is 23.3 Å². The van der Waals surface area contributed by atoms with Crippen molar-refractivity contribution in [3.05, 3.63) is 89.5 Å². The monoisotopic (exact) mass is 808 g/mol. The van der Waals surface area contributed by atoms with E-state index >= 15 is 0 Å². The second-order valence-electron chi connectivity index (χ2n) is 21.0. The van der Waals surface area contributed by atoms with Crippen LogP contribution in [0.15, 0.2) is 72.8 Å². The first kappa shape index (κ1) is 39.4. The molecule has 3 aromatic heterocycles. The van der Waals surface area contributed by atoms with E-state index in [9.17, 15) is 0 Å². The van der Waals surface area contributed by atoms with Gasteiger partial charge in [-0.3, -0.25) is 0 Å². The highest BCUT2D eigenvalue weighted by atomic mass is 16.7. The summed E-state index contributed by atoms with van der Waals surface area (Å²) in [6.45, 7) is 28.3. The summed E-state index contributed by atoms with van der Waals surface area (Å²) in [5.41, 5.74) is 9.44. The molecule has 0 radical (unpaired) electrons. The van der Waals surface area contributed by atoms with E-state index in [-0.39, 0.29) is 16.2 Å². The van der Waals surface area contributed by atoms with Gasteiger partial charge in [0, 0.05) is 43.8 Å². The van der Waals surface area contributed by atoms with Crippen molar-refractivity contribution in [2.75, 3.05) is 0 Å². The third-order valence-corrected chi connectivity index (χ3v) is 13.0. The third kappa shape index (κ3) is 6.47. The molecule has 3 aliphatic heterocycles. The van der Waals surface area contributed by atoms with Crippen molar-refractivity contribution in [1.82, 2.24) is 39.9 Å². The molecule has 1 fully saturated rings. The Morgan fingerprint density at radius 1 is 0.410 bits per heavy atom. The number of H-pyrrole nitrogens is 2.